The maximum atomic E-state index is 13.4. The van der Waals surface area contributed by atoms with Crippen molar-refractivity contribution < 1.29 is 19.2 Å². The minimum atomic E-state index is -0.272. The van der Waals surface area contributed by atoms with Crippen LogP contribution in [0.5, 0.6) is 0 Å². The predicted octanol–water partition coefficient (Wildman–Crippen LogP) is 5.11. The van der Waals surface area contributed by atoms with Gasteiger partial charge in [-0.3, -0.25) is 24.5 Å². The molecule has 3 aromatic rings. The Kier molecular flexibility index (Phi) is 8.95. The zero-order valence-corrected chi connectivity index (χ0v) is 24.9. The molecule has 0 atom stereocenters. The maximum absolute atomic E-state index is 13.4. The fraction of sp³-hybridized carbons (Fsp3) is 0.345. The predicted molar refractivity (Wildman–Crippen MR) is 158 cm³/mol. The molecular weight excluding hydrogens is 546 g/mol. The van der Waals surface area contributed by atoms with Crippen LogP contribution in [0.2, 0.25) is 0 Å². The molecule has 0 aliphatic carbocycles. The summed E-state index contributed by atoms with van der Waals surface area (Å²) >= 11 is 2.75. The van der Waals surface area contributed by atoms with Crippen molar-refractivity contribution in [3.8, 4) is 0 Å². The van der Waals surface area contributed by atoms with Gasteiger partial charge in [0.25, 0.3) is 11.8 Å². The molecule has 1 aromatic heterocycles. The minimum absolute atomic E-state index is 0.00568. The highest BCUT2D eigenvalue weighted by molar-refractivity contribution is 8.01. The van der Waals surface area contributed by atoms with Crippen LogP contribution < -0.4 is 10.6 Å². The summed E-state index contributed by atoms with van der Waals surface area (Å²) < 4.78 is 0.833. The van der Waals surface area contributed by atoms with Crippen molar-refractivity contribution in [2.75, 3.05) is 36.8 Å². The van der Waals surface area contributed by atoms with Gasteiger partial charge in [-0.2, -0.15) is 0 Å². The number of nitrogens with one attached hydrogen (secondary N) is 2. The number of thiazole rings is 1. The highest BCUT2D eigenvalue weighted by Crippen LogP contribution is 2.36. The van der Waals surface area contributed by atoms with Gasteiger partial charge in [0.2, 0.25) is 11.8 Å². The van der Waals surface area contributed by atoms with Crippen LogP contribution in [0.1, 0.15) is 60.9 Å². The normalized spacial score (nSPS) is 13.6. The third kappa shape index (κ3) is 7.28. The largest absolute Gasteiger partial charge is 0.339 e. The van der Waals surface area contributed by atoms with Gasteiger partial charge in [0, 0.05) is 50.5 Å². The summed E-state index contributed by atoms with van der Waals surface area (Å²) in [7, 11) is 0. The van der Waals surface area contributed by atoms with Crippen LogP contribution >= 0.6 is 23.1 Å². The van der Waals surface area contributed by atoms with Crippen molar-refractivity contribution in [2.24, 2.45) is 0 Å². The first-order valence-electron chi connectivity index (χ1n) is 12.9. The monoisotopic (exact) mass is 579 g/mol. The number of anilines is 2. The number of carbonyl (C=O) groups is 4. The lowest BCUT2D eigenvalue weighted by Gasteiger charge is -2.34. The molecule has 0 radical (unpaired) electrons. The summed E-state index contributed by atoms with van der Waals surface area (Å²) in [5, 5.41) is 6.08. The number of rotatable bonds is 6. The maximum Gasteiger partial charge on any atom is 0.257 e. The number of hydrogen-bond donors (Lipinski definition) is 2. The lowest BCUT2D eigenvalue weighted by Crippen LogP contribution is -2.50. The average molecular weight is 580 g/mol. The van der Waals surface area contributed by atoms with Gasteiger partial charge in [-0.1, -0.05) is 56.0 Å². The molecule has 2 aromatic carbocycles. The third-order valence-electron chi connectivity index (χ3n) is 6.48. The Morgan fingerprint density at radius 3 is 2.15 bits per heavy atom. The van der Waals surface area contributed by atoms with E-state index in [1.807, 2.05) is 30.3 Å². The van der Waals surface area contributed by atoms with Gasteiger partial charge in [0.15, 0.2) is 5.13 Å². The first-order valence-corrected chi connectivity index (χ1v) is 14.6. The highest BCUT2D eigenvalue weighted by Gasteiger charge is 2.25. The Balaban J connectivity index is 1.46. The summed E-state index contributed by atoms with van der Waals surface area (Å²) in [4.78, 5) is 58.2. The first kappa shape index (κ1) is 29.3. The zero-order chi connectivity index (χ0) is 29.0. The summed E-state index contributed by atoms with van der Waals surface area (Å²) in [6.07, 6.45) is 1.68. The Hall–Kier alpha value is -3.70. The standard InChI is InChI=1S/C29H33N5O4S2/c1-18(35)31-24-11-10-22(16-23(24)27(38)34-14-12-33(13-15-34)19(2)36)39-25-17-30-28(40-25)32-26(37)20-6-8-21(9-7-20)29(3,4)5/h6-11,16-17H,12-15H2,1-5H3,(H,31,35)(H,30,32,37). The smallest absolute Gasteiger partial charge is 0.257 e. The van der Waals surface area contributed by atoms with Crippen LogP contribution in [0.15, 0.2) is 57.8 Å². The minimum Gasteiger partial charge on any atom is -0.339 e. The van der Waals surface area contributed by atoms with Crippen molar-refractivity contribution in [2.45, 2.75) is 49.1 Å². The Morgan fingerprint density at radius 2 is 1.55 bits per heavy atom. The van der Waals surface area contributed by atoms with Gasteiger partial charge in [-0.05, 0) is 41.3 Å². The molecule has 0 saturated carbocycles. The van der Waals surface area contributed by atoms with Crippen LogP contribution in [0.3, 0.4) is 0 Å². The Labute approximate surface area is 242 Å². The lowest BCUT2D eigenvalue weighted by molar-refractivity contribution is -0.130. The zero-order valence-electron chi connectivity index (χ0n) is 23.2. The molecule has 210 valence electrons. The first-order chi connectivity index (χ1) is 18.9. The van der Waals surface area contributed by atoms with Crippen LogP contribution in [0, 0.1) is 0 Å². The van der Waals surface area contributed by atoms with E-state index >= 15 is 0 Å². The van der Waals surface area contributed by atoms with Crippen LogP contribution in [0.4, 0.5) is 10.8 Å². The molecule has 2 N–H and O–H groups in total. The Bertz CT molecular complexity index is 1420. The molecule has 1 aliphatic rings. The van der Waals surface area contributed by atoms with E-state index in [4.69, 9.17) is 0 Å². The molecule has 0 unspecified atom stereocenters. The van der Waals surface area contributed by atoms with E-state index in [0.717, 1.165) is 14.7 Å². The highest BCUT2D eigenvalue weighted by atomic mass is 32.2. The van der Waals surface area contributed by atoms with Gasteiger partial charge in [-0.25, -0.2) is 4.98 Å². The van der Waals surface area contributed by atoms with Crippen LogP contribution in [-0.4, -0.2) is 64.6 Å². The molecule has 40 heavy (non-hydrogen) atoms. The van der Waals surface area contributed by atoms with Gasteiger partial charge < -0.3 is 15.1 Å². The van der Waals surface area contributed by atoms with E-state index in [1.54, 1.807) is 28.1 Å². The van der Waals surface area contributed by atoms with Gasteiger partial charge in [-0.15, -0.1) is 0 Å². The summed E-state index contributed by atoms with van der Waals surface area (Å²) in [6, 6.07) is 12.9. The third-order valence-corrected chi connectivity index (χ3v) is 8.48. The SMILES string of the molecule is CC(=O)Nc1ccc(Sc2cnc(NC(=O)c3ccc(C(C)(C)C)cc3)s2)cc1C(=O)N1CCN(C(C)=O)CC1. The van der Waals surface area contributed by atoms with E-state index in [1.165, 1.54) is 36.9 Å². The molecule has 4 amide bonds. The Morgan fingerprint density at radius 1 is 0.900 bits per heavy atom. The van der Waals surface area contributed by atoms with Crippen molar-refractivity contribution in [1.29, 1.82) is 0 Å². The van der Waals surface area contributed by atoms with E-state index in [0.29, 0.717) is 48.1 Å². The van der Waals surface area contributed by atoms with Gasteiger partial charge in [0.05, 0.1) is 21.7 Å². The van der Waals surface area contributed by atoms with Gasteiger partial charge in [0.1, 0.15) is 0 Å². The number of nitrogens with zero attached hydrogens (tertiary/aromatic N) is 3. The number of benzene rings is 2. The summed E-state index contributed by atoms with van der Waals surface area (Å²) in [6.45, 7) is 11.1. The molecule has 1 saturated heterocycles. The average Bonchev–Trinajstić information content (AvgIpc) is 3.34. The van der Waals surface area contributed by atoms with E-state index in [-0.39, 0.29) is 29.0 Å². The second kappa shape index (κ2) is 12.2. The second-order valence-electron chi connectivity index (χ2n) is 10.6. The molecular formula is C29H33N5O4S2. The number of hydrogen-bond acceptors (Lipinski definition) is 7. The molecule has 1 aliphatic heterocycles. The van der Waals surface area contributed by atoms with Crippen molar-refractivity contribution in [1.82, 2.24) is 14.8 Å². The molecule has 11 heteroatoms. The van der Waals surface area contributed by atoms with E-state index < -0.39 is 0 Å². The summed E-state index contributed by atoms with van der Waals surface area (Å²) in [5.41, 5.74) is 2.53. The molecule has 0 bridgehead atoms. The molecule has 1 fully saturated rings. The van der Waals surface area contributed by atoms with Gasteiger partial charge >= 0.3 is 0 Å². The number of amides is 4. The quantitative estimate of drug-likeness (QED) is 0.420. The molecule has 4 rings (SSSR count). The van der Waals surface area contributed by atoms with E-state index in [2.05, 4.69) is 36.4 Å². The van der Waals surface area contributed by atoms with Crippen molar-refractivity contribution >= 4 is 57.5 Å². The number of aromatic nitrogens is 1. The van der Waals surface area contributed by atoms with E-state index in [9.17, 15) is 19.2 Å². The van der Waals surface area contributed by atoms with Crippen molar-refractivity contribution in [3.63, 3.8) is 0 Å². The van der Waals surface area contributed by atoms with Crippen LogP contribution in [0.25, 0.3) is 0 Å². The summed E-state index contributed by atoms with van der Waals surface area (Å²) in [5.74, 6) is -0.720. The number of carbonyl (C=O) groups excluding carboxylic acids is 4. The molecule has 2 heterocycles. The fourth-order valence-corrected chi connectivity index (χ4v) is 6.12. The molecule has 9 nitrogen and oxygen atoms in total. The fourth-order valence-electron chi connectivity index (χ4n) is 4.23. The lowest BCUT2D eigenvalue weighted by atomic mass is 9.87. The number of piperazine rings is 1. The topological polar surface area (TPSA) is 112 Å². The van der Waals surface area contributed by atoms with Crippen LogP contribution in [-0.2, 0) is 15.0 Å². The molecule has 0 spiro atoms. The van der Waals surface area contributed by atoms with Crippen molar-refractivity contribution in [3.05, 3.63) is 65.4 Å². The second-order valence-corrected chi connectivity index (χ2v) is 13.0.